The van der Waals surface area contributed by atoms with Crippen molar-refractivity contribution in [2.45, 2.75) is 4.33 Å². The van der Waals surface area contributed by atoms with Crippen molar-refractivity contribution in [3.05, 3.63) is 123 Å². The normalized spacial score (nSPS) is 20.2. The summed E-state index contributed by atoms with van der Waals surface area (Å²) < 4.78 is -1.09. The van der Waals surface area contributed by atoms with Crippen LogP contribution in [0.15, 0.2) is 112 Å². The molecule has 1 spiro atoms. The van der Waals surface area contributed by atoms with E-state index in [0.717, 1.165) is 4.88 Å². The molecule has 1 saturated heterocycles. The van der Waals surface area contributed by atoms with Crippen LogP contribution in [-0.2, 0) is 4.79 Å². The number of carbonyl (C=O) groups excluding carboxylic acids is 2. The smallest absolute Gasteiger partial charge is 0.268 e. The molecule has 3 aromatic carbocycles. The highest BCUT2D eigenvalue weighted by atomic mass is 35.5. The molecule has 3 heterocycles. The average Bonchev–Trinajstić information content (AvgIpc) is 3.64. The van der Waals surface area contributed by atoms with Crippen molar-refractivity contribution in [1.29, 1.82) is 0 Å². The van der Waals surface area contributed by atoms with Gasteiger partial charge in [-0.1, -0.05) is 78.0 Å². The standard InChI is InChI=1S/C28H18ClN3O2S3/c29-20-13-15-22(16-14-20)32-28(37-26(30-32)25(33)19-8-3-1-4-9-19)31(21-10-5-2-6-11-21)27(34)24(36-28)18-23-12-7-17-35-23/h1-18H. The number of thioether (sulfide) groups is 2. The zero-order chi connectivity index (χ0) is 25.4. The highest BCUT2D eigenvalue weighted by Gasteiger charge is 2.60. The summed E-state index contributed by atoms with van der Waals surface area (Å²) in [5.74, 6) is -0.349. The summed E-state index contributed by atoms with van der Waals surface area (Å²) in [5, 5.41) is 9.45. The maximum Gasteiger partial charge on any atom is 0.268 e. The number of para-hydroxylation sites is 1. The number of halogens is 1. The largest absolute Gasteiger partial charge is 0.286 e. The van der Waals surface area contributed by atoms with Crippen molar-refractivity contribution in [3.63, 3.8) is 0 Å². The molecule has 0 N–H and O–H groups in total. The summed E-state index contributed by atoms with van der Waals surface area (Å²) in [7, 11) is 0. The summed E-state index contributed by atoms with van der Waals surface area (Å²) in [6.07, 6.45) is 1.90. The number of nitrogens with zero attached hydrogens (tertiary/aromatic N) is 3. The van der Waals surface area contributed by atoms with Gasteiger partial charge in [0.15, 0.2) is 5.04 Å². The van der Waals surface area contributed by atoms with Crippen molar-refractivity contribution in [1.82, 2.24) is 0 Å². The highest BCUT2D eigenvalue weighted by molar-refractivity contribution is 8.29. The van der Waals surface area contributed by atoms with Crippen molar-refractivity contribution in [2.75, 3.05) is 9.91 Å². The van der Waals surface area contributed by atoms with E-state index in [0.29, 0.717) is 31.9 Å². The second kappa shape index (κ2) is 9.87. The molecule has 1 aromatic heterocycles. The SMILES string of the molecule is O=C(C1=NN(c2ccc(Cl)cc2)C2(SC(=Cc3cccs3)C(=O)N2c2ccccc2)S1)c1ccccc1. The molecule has 182 valence electrons. The van der Waals surface area contributed by atoms with Crippen molar-refractivity contribution >= 4 is 80.6 Å². The maximum absolute atomic E-state index is 14.0. The number of thiophene rings is 1. The number of rotatable bonds is 5. The molecule has 1 fully saturated rings. The van der Waals surface area contributed by atoms with Crippen molar-refractivity contribution < 1.29 is 9.59 Å². The zero-order valence-electron chi connectivity index (χ0n) is 19.2. The second-order valence-corrected chi connectivity index (χ2v) is 12.2. The fourth-order valence-electron chi connectivity index (χ4n) is 4.08. The minimum absolute atomic E-state index is 0.153. The van der Waals surface area contributed by atoms with Crippen LogP contribution in [0.2, 0.25) is 5.02 Å². The number of benzene rings is 3. The van der Waals surface area contributed by atoms with E-state index in [9.17, 15) is 9.59 Å². The number of ketones is 1. The molecule has 37 heavy (non-hydrogen) atoms. The molecule has 0 radical (unpaired) electrons. The molecule has 4 aromatic rings. The topological polar surface area (TPSA) is 53.0 Å². The molecule has 9 heteroatoms. The third kappa shape index (κ3) is 4.40. The Balaban J connectivity index is 1.52. The number of amides is 1. The van der Waals surface area contributed by atoms with Crippen LogP contribution >= 0.6 is 46.5 Å². The molecule has 2 aliphatic heterocycles. The molecule has 1 atom stereocenters. The molecule has 1 unspecified atom stereocenters. The van der Waals surface area contributed by atoms with Gasteiger partial charge in [-0.05, 0) is 65.7 Å². The van der Waals surface area contributed by atoms with E-state index in [2.05, 4.69) is 0 Å². The highest BCUT2D eigenvalue weighted by Crippen LogP contribution is 2.59. The fraction of sp³-hybridized carbons (Fsp3) is 0.0357. The van der Waals surface area contributed by atoms with Gasteiger partial charge in [0.1, 0.15) is 0 Å². The summed E-state index contributed by atoms with van der Waals surface area (Å²) >= 11 is 10.4. The van der Waals surface area contributed by atoms with Crippen LogP contribution in [0.1, 0.15) is 15.2 Å². The molecule has 2 aliphatic rings. The summed E-state index contributed by atoms with van der Waals surface area (Å²) in [4.78, 5) is 30.8. The third-order valence-corrected chi connectivity index (χ3v) is 9.55. The van der Waals surface area contributed by atoms with Crippen molar-refractivity contribution in [2.24, 2.45) is 5.10 Å². The number of Topliss-reactive ketones (excluding diaryl/α,β-unsaturated/α-hetero) is 1. The Morgan fingerprint density at radius 1 is 0.838 bits per heavy atom. The van der Waals surface area contributed by atoms with Crippen LogP contribution in [0.25, 0.3) is 6.08 Å². The predicted molar refractivity (Wildman–Crippen MR) is 156 cm³/mol. The third-order valence-electron chi connectivity index (χ3n) is 5.76. The summed E-state index contributed by atoms with van der Waals surface area (Å²) in [5.41, 5.74) is 1.97. The minimum atomic E-state index is -1.09. The van der Waals surface area contributed by atoms with Crippen LogP contribution in [0.5, 0.6) is 0 Å². The number of hydrogen-bond donors (Lipinski definition) is 0. The number of hydrazone groups is 1. The molecule has 6 rings (SSSR count). The first-order valence-corrected chi connectivity index (χ1v) is 14.2. The number of hydrogen-bond acceptors (Lipinski definition) is 7. The lowest BCUT2D eigenvalue weighted by atomic mass is 10.1. The fourth-order valence-corrected chi connectivity index (χ4v) is 7.87. The lowest BCUT2D eigenvalue weighted by Crippen LogP contribution is -2.51. The van der Waals surface area contributed by atoms with Gasteiger partial charge >= 0.3 is 0 Å². The quantitative estimate of drug-likeness (QED) is 0.186. The van der Waals surface area contributed by atoms with E-state index in [-0.39, 0.29) is 11.7 Å². The van der Waals surface area contributed by atoms with E-state index in [1.54, 1.807) is 45.5 Å². The first kappa shape index (κ1) is 24.1. The van der Waals surface area contributed by atoms with Crippen LogP contribution in [0.3, 0.4) is 0 Å². The van der Waals surface area contributed by atoms with Gasteiger partial charge in [-0.2, -0.15) is 5.10 Å². The second-order valence-electron chi connectivity index (χ2n) is 8.14. The molecular formula is C28H18ClN3O2S3. The molecule has 5 nitrogen and oxygen atoms in total. The lowest BCUT2D eigenvalue weighted by Gasteiger charge is -2.38. The monoisotopic (exact) mass is 559 g/mol. The van der Waals surface area contributed by atoms with Gasteiger partial charge in [-0.25, -0.2) is 5.01 Å². The van der Waals surface area contributed by atoms with Crippen LogP contribution in [0, 0.1) is 0 Å². The van der Waals surface area contributed by atoms with E-state index >= 15 is 0 Å². The molecule has 0 bridgehead atoms. The van der Waals surface area contributed by atoms with Gasteiger partial charge < -0.3 is 0 Å². The Bertz CT molecular complexity index is 1520. The maximum atomic E-state index is 14.0. The van der Waals surface area contributed by atoms with Gasteiger partial charge in [-0.15, -0.1) is 11.3 Å². The Morgan fingerprint density at radius 3 is 2.22 bits per heavy atom. The average molecular weight is 560 g/mol. The van der Waals surface area contributed by atoms with E-state index < -0.39 is 4.33 Å². The molecule has 0 aliphatic carbocycles. The lowest BCUT2D eigenvalue weighted by molar-refractivity contribution is -0.114. The first-order chi connectivity index (χ1) is 18.0. The Kier molecular flexibility index (Phi) is 6.42. The van der Waals surface area contributed by atoms with Gasteiger partial charge in [0.25, 0.3) is 5.91 Å². The first-order valence-electron chi connectivity index (χ1n) is 11.3. The number of anilines is 2. The van der Waals surface area contributed by atoms with Crippen LogP contribution in [-0.4, -0.2) is 21.1 Å². The van der Waals surface area contributed by atoms with Crippen molar-refractivity contribution in [3.8, 4) is 0 Å². The van der Waals surface area contributed by atoms with Crippen LogP contribution in [0.4, 0.5) is 11.4 Å². The Hall–Kier alpha value is -3.30. The van der Waals surface area contributed by atoms with E-state index in [4.69, 9.17) is 16.7 Å². The van der Waals surface area contributed by atoms with Gasteiger partial charge in [0.2, 0.25) is 10.1 Å². The predicted octanol–water partition coefficient (Wildman–Crippen LogP) is 7.58. The Labute approximate surface area is 231 Å². The van der Waals surface area contributed by atoms with Gasteiger partial charge in [0, 0.05) is 21.2 Å². The van der Waals surface area contributed by atoms with Gasteiger partial charge in [-0.3, -0.25) is 14.5 Å². The minimum Gasteiger partial charge on any atom is -0.286 e. The van der Waals surface area contributed by atoms with E-state index in [1.807, 2.05) is 84.3 Å². The van der Waals surface area contributed by atoms with Crippen LogP contribution < -0.4 is 9.91 Å². The molecular weight excluding hydrogens is 542 g/mol. The number of carbonyl (C=O) groups is 2. The molecule has 1 amide bonds. The summed E-state index contributed by atoms with van der Waals surface area (Å²) in [6.45, 7) is 0. The zero-order valence-corrected chi connectivity index (χ0v) is 22.4. The molecule has 0 saturated carbocycles. The summed E-state index contributed by atoms with van der Waals surface area (Å²) in [6, 6.07) is 29.7. The Morgan fingerprint density at radius 2 is 1.54 bits per heavy atom. The van der Waals surface area contributed by atoms with E-state index in [1.165, 1.54) is 23.5 Å². The van der Waals surface area contributed by atoms with Gasteiger partial charge in [0.05, 0.1) is 10.6 Å².